The fourth-order valence-electron chi connectivity index (χ4n) is 2.92. The molecule has 0 aliphatic heterocycles. The maximum atomic E-state index is 12.5. The molecule has 32 heavy (non-hydrogen) atoms. The highest BCUT2D eigenvalue weighted by Gasteiger charge is 2.15. The van der Waals surface area contributed by atoms with Gasteiger partial charge < -0.3 is 10.1 Å². The van der Waals surface area contributed by atoms with Crippen molar-refractivity contribution in [2.75, 3.05) is 6.54 Å². The molecule has 0 saturated carbocycles. The van der Waals surface area contributed by atoms with E-state index in [0.29, 0.717) is 19.8 Å². The summed E-state index contributed by atoms with van der Waals surface area (Å²) in [4.78, 5) is 12.5. The highest BCUT2D eigenvalue weighted by Crippen LogP contribution is 2.12. The zero-order valence-corrected chi connectivity index (χ0v) is 18.3. The Morgan fingerprint density at radius 3 is 2.22 bits per heavy atom. The molecular formula is C25H24N2O4S. The maximum absolute atomic E-state index is 12.5. The smallest absolute Gasteiger partial charge is 0.251 e. The standard InChI is InChI=1S/C25H24N2O4S/c1-2-15-27-32(29,30)24-10-6-9-23(16-24)25(28)26-17-20-11-13-22(14-12-20)19-31-18-21-7-4-3-5-8-21/h1,3-14,16,27H,15,17-19H2,(H,26,28). The van der Waals surface area contributed by atoms with Gasteiger partial charge in [-0.3, -0.25) is 4.79 Å². The van der Waals surface area contributed by atoms with Gasteiger partial charge >= 0.3 is 0 Å². The second-order valence-electron chi connectivity index (χ2n) is 7.03. The van der Waals surface area contributed by atoms with Crippen LogP contribution in [0.4, 0.5) is 0 Å². The Hall–Kier alpha value is -3.44. The highest BCUT2D eigenvalue weighted by atomic mass is 32.2. The van der Waals surface area contributed by atoms with Crippen molar-refractivity contribution in [3.63, 3.8) is 0 Å². The molecule has 2 N–H and O–H groups in total. The van der Waals surface area contributed by atoms with Crippen molar-refractivity contribution < 1.29 is 17.9 Å². The molecule has 0 atom stereocenters. The van der Waals surface area contributed by atoms with Gasteiger partial charge in [0.05, 0.1) is 24.7 Å². The van der Waals surface area contributed by atoms with Crippen LogP contribution in [0.2, 0.25) is 0 Å². The fourth-order valence-corrected chi connectivity index (χ4v) is 3.90. The fraction of sp³-hybridized carbons (Fsp3) is 0.160. The third-order valence-corrected chi connectivity index (χ3v) is 6.03. The normalized spacial score (nSPS) is 11.0. The second-order valence-corrected chi connectivity index (χ2v) is 8.80. The summed E-state index contributed by atoms with van der Waals surface area (Å²) in [5.41, 5.74) is 3.33. The Balaban J connectivity index is 1.51. The molecular weight excluding hydrogens is 424 g/mol. The van der Waals surface area contributed by atoms with E-state index in [1.807, 2.05) is 54.6 Å². The van der Waals surface area contributed by atoms with E-state index >= 15 is 0 Å². The minimum Gasteiger partial charge on any atom is -0.372 e. The first-order valence-corrected chi connectivity index (χ1v) is 11.5. The number of ether oxygens (including phenoxy) is 1. The summed E-state index contributed by atoms with van der Waals surface area (Å²) in [6.45, 7) is 1.24. The topological polar surface area (TPSA) is 84.5 Å². The van der Waals surface area contributed by atoms with Gasteiger partial charge in [-0.2, -0.15) is 4.72 Å². The maximum Gasteiger partial charge on any atom is 0.251 e. The number of rotatable bonds is 10. The van der Waals surface area contributed by atoms with Crippen LogP contribution in [0.25, 0.3) is 0 Å². The number of carbonyl (C=O) groups is 1. The van der Waals surface area contributed by atoms with Gasteiger partial charge in [0.1, 0.15) is 0 Å². The third kappa shape index (κ3) is 6.79. The van der Waals surface area contributed by atoms with Gasteiger partial charge in [-0.25, -0.2) is 8.42 Å². The molecule has 0 bridgehead atoms. The van der Waals surface area contributed by atoms with E-state index in [1.54, 1.807) is 6.07 Å². The molecule has 0 heterocycles. The SMILES string of the molecule is C#CCNS(=O)(=O)c1cccc(C(=O)NCc2ccc(COCc3ccccc3)cc2)c1. The predicted molar refractivity (Wildman–Crippen MR) is 123 cm³/mol. The molecule has 1 amide bonds. The van der Waals surface area contributed by atoms with Gasteiger partial charge in [0, 0.05) is 12.1 Å². The summed E-state index contributed by atoms with van der Waals surface area (Å²) < 4.78 is 32.4. The predicted octanol–water partition coefficient (Wildman–Crippen LogP) is 3.24. The molecule has 0 fully saturated rings. The Bertz CT molecular complexity index is 1180. The van der Waals surface area contributed by atoms with Gasteiger partial charge in [-0.05, 0) is 34.9 Å². The lowest BCUT2D eigenvalue weighted by molar-refractivity contribution is 0.0950. The van der Waals surface area contributed by atoms with Crippen molar-refractivity contribution in [2.24, 2.45) is 0 Å². The van der Waals surface area contributed by atoms with Crippen molar-refractivity contribution in [2.45, 2.75) is 24.7 Å². The first-order valence-electron chi connectivity index (χ1n) is 9.99. The van der Waals surface area contributed by atoms with E-state index in [4.69, 9.17) is 11.2 Å². The zero-order chi connectivity index (χ0) is 22.8. The number of nitrogens with one attached hydrogen (secondary N) is 2. The van der Waals surface area contributed by atoms with Gasteiger partial charge in [-0.1, -0.05) is 66.6 Å². The molecule has 3 rings (SSSR count). The minimum atomic E-state index is -3.76. The van der Waals surface area contributed by atoms with Gasteiger partial charge in [0.2, 0.25) is 10.0 Å². The molecule has 0 aliphatic carbocycles. The van der Waals surface area contributed by atoms with Gasteiger partial charge in [0.15, 0.2) is 0 Å². The van der Waals surface area contributed by atoms with Crippen LogP contribution >= 0.6 is 0 Å². The van der Waals surface area contributed by atoms with Crippen LogP contribution in [-0.2, 0) is 34.5 Å². The number of hydrogen-bond acceptors (Lipinski definition) is 4. The average molecular weight is 449 g/mol. The summed E-state index contributed by atoms with van der Waals surface area (Å²) in [5, 5.41) is 2.80. The van der Waals surface area contributed by atoms with Crippen molar-refractivity contribution in [3.8, 4) is 12.3 Å². The number of terminal acetylenes is 1. The van der Waals surface area contributed by atoms with Crippen LogP contribution in [0.5, 0.6) is 0 Å². The molecule has 0 aliphatic rings. The molecule has 0 saturated heterocycles. The van der Waals surface area contributed by atoms with Crippen LogP contribution in [0.1, 0.15) is 27.0 Å². The number of carbonyl (C=O) groups excluding carboxylic acids is 1. The Morgan fingerprint density at radius 1 is 0.875 bits per heavy atom. The quantitative estimate of drug-likeness (QED) is 0.467. The molecule has 0 radical (unpaired) electrons. The van der Waals surface area contributed by atoms with E-state index in [2.05, 4.69) is 16.0 Å². The molecule has 164 valence electrons. The first-order chi connectivity index (χ1) is 15.5. The van der Waals surface area contributed by atoms with Crippen LogP contribution in [-0.4, -0.2) is 20.9 Å². The lowest BCUT2D eigenvalue weighted by Crippen LogP contribution is -2.25. The van der Waals surface area contributed by atoms with Crippen LogP contribution in [0.15, 0.2) is 83.8 Å². The zero-order valence-electron chi connectivity index (χ0n) is 17.5. The van der Waals surface area contributed by atoms with E-state index in [0.717, 1.165) is 16.7 Å². The molecule has 3 aromatic rings. The molecule has 0 aromatic heterocycles. The Labute approximate surface area is 188 Å². The largest absolute Gasteiger partial charge is 0.372 e. The van der Waals surface area contributed by atoms with E-state index in [9.17, 15) is 13.2 Å². The number of benzene rings is 3. The summed E-state index contributed by atoms with van der Waals surface area (Å²) in [7, 11) is -3.76. The number of sulfonamides is 1. The molecule has 7 heteroatoms. The van der Waals surface area contributed by atoms with E-state index in [-0.39, 0.29) is 22.9 Å². The van der Waals surface area contributed by atoms with Crippen LogP contribution in [0.3, 0.4) is 0 Å². The summed E-state index contributed by atoms with van der Waals surface area (Å²) in [6, 6.07) is 23.5. The summed E-state index contributed by atoms with van der Waals surface area (Å²) in [6.07, 6.45) is 5.10. The van der Waals surface area contributed by atoms with Crippen LogP contribution < -0.4 is 10.0 Å². The average Bonchev–Trinajstić information content (AvgIpc) is 2.83. The van der Waals surface area contributed by atoms with Crippen molar-refractivity contribution in [3.05, 3.63) is 101 Å². The molecule has 6 nitrogen and oxygen atoms in total. The van der Waals surface area contributed by atoms with E-state index < -0.39 is 10.0 Å². The summed E-state index contributed by atoms with van der Waals surface area (Å²) in [5.74, 6) is 1.85. The lowest BCUT2D eigenvalue weighted by Gasteiger charge is -2.09. The Kier molecular flexibility index (Phi) is 8.17. The van der Waals surface area contributed by atoms with Gasteiger partial charge in [-0.15, -0.1) is 6.42 Å². The molecule has 0 unspecified atom stereocenters. The van der Waals surface area contributed by atoms with Crippen molar-refractivity contribution >= 4 is 15.9 Å². The highest BCUT2D eigenvalue weighted by molar-refractivity contribution is 7.89. The van der Waals surface area contributed by atoms with Gasteiger partial charge in [0.25, 0.3) is 5.91 Å². The monoisotopic (exact) mass is 448 g/mol. The van der Waals surface area contributed by atoms with Crippen molar-refractivity contribution in [1.29, 1.82) is 0 Å². The first kappa shape index (κ1) is 23.2. The number of amides is 1. The second kappa shape index (κ2) is 11.3. The summed E-state index contributed by atoms with van der Waals surface area (Å²) >= 11 is 0. The Morgan fingerprint density at radius 2 is 1.53 bits per heavy atom. The molecule has 0 spiro atoms. The van der Waals surface area contributed by atoms with Crippen molar-refractivity contribution in [1.82, 2.24) is 10.0 Å². The minimum absolute atomic E-state index is 0.0137. The third-order valence-electron chi connectivity index (χ3n) is 4.63. The van der Waals surface area contributed by atoms with Crippen LogP contribution in [0, 0.1) is 12.3 Å². The number of hydrogen-bond donors (Lipinski definition) is 2. The van der Waals surface area contributed by atoms with E-state index in [1.165, 1.54) is 18.2 Å². The molecule has 3 aromatic carbocycles. The lowest BCUT2D eigenvalue weighted by atomic mass is 10.1.